The van der Waals surface area contributed by atoms with E-state index in [2.05, 4.69) is 0 Å². The van der Waals surface area contributed by atoms with Crippen molar-refractivity contribution >= 4 is 58.5 Å². The van der Waals surface area contributed by atoms with Crippen molar-refractivity contribution in [1.29, 1.82) is 0 Å². The van der Waals surface area contributed by atoms with Gasteiger partial charge in [0.1, 0.15) is 23.9 Å². The predicted molar refractivity (Wildman–Crippen MR) is 179 cm³/mol. The fourth-order valence-electron chi connectivity index (χ4n) is 8.02. The number of phenols is 1. The Bertz CT molecular complexity index is 1960. The zero-order valence-corrected chi connectivity index (χ0v) is 27.9. The molecule has 2 N–H and O–H groups in total. The van der Waals surface area contributed by atoms with Crippen LogP contribution in [0.1, 0.15) is 42.7 Å². The second-order valence-electron chi connectivity index (χ2n) is 13.1. The maximum atomic E-state index is 14.5. The van der Waals surface area contributed by atoms with Crippen LogP contribution in [0.25, 0.3) is 0 Å². The second-order valence-corrected chi connectivity index (χ2v) is 14.3. The maximum absolute atomic E-state index is 14.5. The number of amides is 4. The van der Waals surface area contributed by atoms with Gasteiger partial charge in [-0.15, -0.1) is 23.2 Å². The molecular weight excluding hydrogens is 690 g/mol. The summed E-state index contributed by atoms with van der Waals surface area (Å²) < 4.78 is 19.8. The number of alkyl halides is 2. The Hall–Kier alpha value is -4.74. The van der Waals surface area contributed by atoms with Gasteiger partial charge in [0.05, 0.1) is 17.5 Å². The minimum absolute atomic E-state index is 0.0371. The number of ether oxygens (including phenoxy) is 1. The van der Waals surface area contributed by atoms with E-state index in [0.717, 1.165) is 27.5 Å². The van der Waals surface area contributed by atoms with E-state index in [4.69, 9.17) is 33.0 Å². The first-order valence-electron chi connectivity index (χ1n) is 16.2. The van der Waals surface area contributed by atoms with Crippen molar-refractivity contribution in [2.45, 2.75) is 48.0 Å². The molecule has 2 saturated heterocycles. The van der Waals surface area contributed by atoms with Crippen molar-refractivity contribution in [3.05, 3.63) is 101 Å². The van der Waals surface area contributed by atoms with E-state index in [1.807, 2.05) is 30.3 Å². The first kappa shape index (κ1) is 33.7. The number of carbonyl (C=O) groups is 5. The summed E-state index contributed by atoms with van der Waals surface area (Å²) in [6, 6.07) is 18.6. The topological polar surface area (TPSA) is 142 Å². The zero-order valence-electron chi connectivity index (χ0n) is 26.4. The number of aromatic hydroxyl groups is 1. The molecule has 0 unspecified atom stereocenters. The number of anilines is 1. The summed E-state index contributed by atoms with van der Waals surface area (Å²) in [7, 11) is 0. The lowest BCUT2D eigenvalue weighted by Gasteiger charge is -2.50. The van der Waals surface area contributed by atoms with Crippen LogP contribution in [0.4, 0.5) is 10.1 Å². The van der Waals surface area contributed by atoms with Crippen LogP contribution >= 0.6 is 23.2 Å². The number of rotatable bonds is 9. The molecule has 0 radical (unpaired) electrons. The van der Waals surface area contributed by atoms with Crippen LogP contribution in [-0.2, 0) is 30.6 Å². The smallest absolute Gasteiger partial charge is 0.303 e. The summed E-state index contributed by atoms with van der Waals surface area (Å²) in [5.74, 6) is -8.23. The highest BCUT2D eigenvalue weighted by atomic mass is 35.5. The Morgan fingerprint density at radius 2 is 1.66 bits per heavy atom. The van der Waals surface area contributed by atoms with Gasteiger partial charge in [-0.05, 0) is 61.1 Å². The number of carboxylic acids is 1. The van der Waals surface area contributed by atoms with Crippen molar-refractivity contribution in [1.82, 2.24) is 4.90 Å². The molecule has 50 heavy (non-hydrogen) atoms. The molecule has 4 amide bonds. The SMILES string of the molecule is O=C(O)CCCN1C(=O)[C@H]2[C@H](CC=C3[C@H]2C[C@@]2(Cl)C(=O)N(c4ccc(F)cc4)C(=O)[C@@]2(Cl)[C@H]3c2ccc(OCc3ccccc3)cc2O)C1=O. The minimum Gasteiger partial charge on any atom is -0.508 e. The molecule has 7 rings (SSSR count). The van der Waals surface area contributed by atoms with Gasteiger partial charge in [-0.25, -0.2) is 9.29 Å². The standard InChI is InChI=1S/C37H31Cl2FN2O8/c38-36-18-27-24(14-15-26-30(27)33(47)41(32(26)46)16-4-7-29(44)45)31(25-13-12-23(17-28(25)43)50-19-20-5-2-1-3-6-20)37(36,39)35(49)42(34(36)48)22-10-8-21(40)9-11-22/h1-3,5-6,8-14,17,26-27,30-31,43H,4,7,15-16,18-19H2,(H,44,45)/t26-,27+,30-,31+,36+,37-/m0/s1. The highest BCUT2D eigenvalue weighted by Crippen LogP contribution is 2.66. The van der Waals surface area contributed by atoms with Crippen LogP contribution in [0.2, 0.25) is 0 Å². The van der Waals surface area contributed by atoms with Gasteiger partial charge in [0.2, 0.25) is 11.8 Å². The molecule has 2 aliphatic carbocycles. The largest absolute Gasteiger partial charge is 0.508 e. The van der Waals surface area contributed by atoms with Crippen LogP contribution in [0.5, 0.6) is 11.5 Å². The number of allylic oxidation sites excluding steroid dienone is 2. The number of benzene rings is 3. The van der Waals surface area contributed by atoms with Crippen molar-refractivity contribution in [2.75, 3.05) is 11.4 Å². The summed E-state index contributed by atoms with van der Waals surface area (Å²) in [6.45, 7) is 0.122. The van der Waals surface area contributed by atoms with Crippen molar-refractivity contribution in [3.63, 3.8) is 0 Å². The molecule has 6 atom stereocenters. The molecule has 13 heteroatoms. The van der Waals surface area contributed by atoms with Gasteiger partial charge in [0.25, 0.3) is 11.8 Å². The van der Waals surface area contributed by atoms with Gasteiger partial charge in [-0.3, -0.25) is 28.9 Å². The van der Waals surface area contributed by atoms with Gasteiger partial charge >= 0.3 is 5.97 Å². The number of halogens is 3. The third-order valence-corrected chi connectivity index (χ3v) is 11.7. The molecular formula is C37H31Cl2FN2O8. The molecule has 3 aromatic rings. The fourth-order valence-corrected chi connectivity index (χ4v) is 8.94. The zero-order chi connectivity index (χ0) is 35.5. The third-order valence-electron chi connectivity index (χ3n) is 10.3. The lowest BCUT2D eigenvalue weighted by molar-refractivity contribution is -0.142. The number of imide groups is 2. The van der Waals surface area contributed by atoms with Crippen LogP contribution < -0.4 is 9.64 Å². The molecule has 4 aliphatic rings. The van der Waals surface area contributed by atoms with Gasteiger partial charge in [-0.1, -0.05) is 48.0 Å². The van der Waals surface area contributed by atoms with E-state index in [9.17, 15) is 33.5 Å². The number of phenolic OH excluding ortho intramolecular Hbond substituents is 1. The van der Waals surface area contributed by atoms with Crippen LogP contribution in [0, 0.1) is 23.6 Å². The Labute approximate surface area is 296 Å². The minimum atomic E-state index is -2.22. The van der Waals surface area contributed by atoms with E-state index in [1.54, 1.807) is 12.1 Å². The molecule has 3 fully saturated rings. The Morgan fingerprint density at radius 3 is 2.34 bits per heavy atom. The fraction of sp³-hybridized carbons (Fsp3) is 0.324. The number of carbonyl (C=O) groups excluding carboxylic acids is 4. The molecule has 258 valence electrons. The number of fused-ring (bicyclic) bond motifs is 4. The normalized spacial score (nSPS) is 28.7. The Morgan fingerprint density at radius 1 is 0.940 bits per heavy atom. The summed E-state index contributed by atoms with van der Waals surface area (Å²) in [4.78, 5) is 65.0. The molecule has 0 aromatic heterocycles. The van der Waals surface area contributed by atoms with Crippen LogP contribution in [0.15, 0.2) is 84.4 Å². The molecule has 3 aromatic carbocycles. The van der Waals surface area contributed by atoms with Crippen LogP contribution in [0.3, 0.4) is 0 Å². The summed E-state index contributed by atoms with van der Waals surface area (Å²) in [5, 5.41) is 20.7. The number of nitrogens with zero attached hydrogens (tertiary/aromatic N) is 2. The maximum Gasteiger partial charge on any atom is 0.303 e. The average Bonchev–Trinajstić information content (AvgIpc) is 3.42. The monoisotopic (exact) mass is 720 g/mol. The molecule has 2 aliphatic heterocycles. The van der Waals surface area contributed by atoms with Crippen molar-refractivity contribution < 1.29 is 43.3 Å². The average molecular weight is 722 g/mol. The third kappa shape index (κ3) is 5.17. The number of aliphatic carboxylic acids is 1. The molecule has 10 nitrogen and oxygen atoms in total. The summed E-state index contributed by atoms with van der Waals surface area (Å²) in [6.07, 6.45) is 1.39. The predicted octanol–water partition coefficient (Wildman–Crippen LogP) is 5.54. The molecule has 0 bridgehead atoms. The van der Waals surface area contributed by atoms with E-state index in [0.29, 0.717) is 11.3 Å². The van der Waals surface area contributed by atoms with E-state index in [1.165, 1.54) is 24.3 Å². The highest BCUT2D eigenvalue weighted by molar-refractivity contribution is 6.58. The molecule has 0 spiro atoms. The quantitative estimate of drug-likeness (QED) is 0.167. The van der Waals surface area contributed by atoms with Crippen molar-refractivity contribution in [3.8, 4) is 11.5 Å². The first-order valence-corrected chi connectivity index (χ1v) is 16.9. The molecule has 2 heterocycles. The number of hydrogen-bond acceptors (Lipinski definition) is 7. The van der Waals surface area contributed by atoms with Gasteiger partial charge in [0.15, 0.2) is 9.75 Å². The lowest BCUT2D eigenvalue weighted by Crippen LogP contribution is -2.60. The first-order chi connectivity index (χ1) is 23.9. The number of likely N-dealkylation sites (tertiary alicyclic amines) is 1. The lowest BCUT2D eigenvalue weighted by atomic mass is 9.56. The van der Waals surface area contributed by atoms with E-state index >= 15 is 0 Å². The van der Waals surface area contributed by atoms with Crippen LogP contribution in [-0.4, -0.2) is 61.0 Å². The Kier molecular flexibility index (Phi) is 8.47. The second kappa shape index (κ2) is 12.5. The van der Waals surface area contributed by atoms with E-state index < -0.39 is 68.8 Å². The van der Waals surface area contributed by atoms with Gasteiger partial charge < -0.3 is 14.9 Å². The summed E-state index contributed by atoms with van der Waals surface area (Å²) >= 11 is 14.7. The summed E-state index contributed by atoms with van der Waals surface area (Å²) in [5.41, 5.74) is 1.56. The van der Waals surface area contributed by atoms with Gasteiger partial charge in [0, 0.05) is 30.5 Å². The van der Waals surface area contributed by atoms with Gasteiger partial charge in [-0.2, -0.15) is 0 Å². The number of carboxylic acid groups (broad SMARTS) is 1. The van der Waals surface area contributed by atoms with E-state index in [-0.39, 0.29) is 55.8 Å². The number of hydrogen-bond donors (Lipinski definition) is 2. The molecule has 1 saturated carbocycles. The van der Waals surface area contributed by atoms with Crippen molar-refractivity contribution in [2.24, 2.45) is 17.8 Å². The highest BCUT2D eigenvalue weighted by Gasteiger charge is 2.76. The Balaban J connectivity index is 1.31.